The number of carbonyl (C=O) groups excluding carboxylic acids is 1. The van der Waals surface area contributed by atoms with E-state index in [0.717, 1.165) is 0 Å². The van der Waals surface area contributed by atoms with Gasteiger partial charge in [-0.1, -0.05) is 0 Å². The van der Waals surface area contributed by atoms with E-state index in [4.69, 9.17) is 22.4 Å². The van der Waals surface area contributed by atoms with Crippen LogP contribution in [0.3, 0.4) is 0 Å². The minimum Gasteiger partial charge on any atom is -0.394 e. The summed E-state index contributed by atoms with van der Waals surface area (Å²) in [4.78, 5) is 11.2. The van der Waals surface area contributed by atoms with E-state index in [2.05, 4.69) is 0 Å². The molecule has 0 aromatic heterocycles. The molecule has 3 atom stereocenters. The van der Waals surface area contributed by atoms with Crippen LogP contribution in [-0.4, -0.2) is 66.8 Å². The van der Waals surface area contributed by atoms with Gasteiger partial charge in [0.1, 0.15) is 24.9 Å². The molecular formula is C8H16O6. The molecule has 6 heteroatoms. The van der Waals surface area contributed by atoms with Gasteiger partial charge in [0, 0.05) is 14.2 Å². The maximum absolute atomic E-state index is 11.2. The summed E-state index contributed by atoms with van der Waals surface area (Å²) >= 11 is 0. The van der Waals surface area contributed by atoms with Crippen molar-refractivity contribution in [1.29, 1.82) is 0 Å². The smallest absolute Gasteiger partial charge is 0.189 e. The first-order valence-corrected chi connectivity index (χ1v) is 3.86. The number of Topliss-reactive ketones (excluding diaryl/α,β-unsaturated/α-hetero) is 1. The summed E-state index contributed by atoms with van der Waals surface area (Å²) in [6.45, 7) is -1.51. The molecule has 0 aliphatic heterocycles. The number of carbonyl (C=O) groups is 1. The molecule has 3 N–H and O–H groups in total. The Bertz CT molecular complexity index is 203. The van der Waals surface area contributed by atoms with E-state index in [1.807, 2.05) is 0 Å². The predicted octanol–water partition coefficient (Wildman–Crippen LogP) is -2.07. The normalized spacial score (nSPS) is 19.4. The van der Waals surface area contributed by atoms with Crippen LogP contribution in [0.2, 0.25) is 0 Å². The number of ketones is 1. The van der Waals surface area contributed by atoms with Crippen LogP contribution in [0.5, 0.6) is 0 Å². The lowest BCUT2D eigenvalue weighted by Crippen LogP contribution is -2.47. The van der Waals surface area contributed by atoms with Crippen molar-refractivity contribution in [1.82, 2.24) is 0 Å². The average molecular weight is 210 g/mol. The summed E-state index contributed by atoms with van der Waals surface area (Å²) in [5.74, 6) is -0.779. The van der Waals surface area contributed by atoms with Crippen molar-refractivity contribution < 1.29 is 32.3 Å². The fraction of sp³-hybridized carbons (Fsp3) is 0.875. The molecule has 84 valence electrons. The lowest BCUT2D eigenvalue weighted by Gasteiger charge is -2.26. The summed E-state index contributed by atoms with van der Waals surface area (Å²) in [6, 6.07) is 0. The van der Waals surface area contributed by atoms with E-state index in [-0.39, 0.29) is 0 Å². The van der Waals surface area contributed by atoms with Gasteiger partial charge in [-0.2, -0.15) is 0 Å². The Balaban J connectivity index is 4.70. The second-order valence-corrected chi connectivity index (χ2v) is 2.59. The lowest BCUT2D eigenvalue weighted by molar-refractivity contribution is -0.150. The van der Waals surface area contributed by atoms with E-state index < -0.39 is 51.5 Å². The van der Waals surface area contributed by atoms with Crippen molar-refractivity contribution >= 4 is 5.78 Å². The number of rotatable bonds is 7. The fourth-order valence-electron chi connectivity index (χ4n) is 0.965. The molecule has 0 saturated heterocycles. The van der Waals surface area contributed by atoms with Crippen molar-refractivity contribution in [3.8, 4) is 0 Å². The zero-order valence-electron chi connectivity index (χ0n) is 9.63. The summed E-state index contributed by atoms with van der Waals surface area (Å²) in [5, 5.41) is 26.8. The molecule has 0 bridgehead atoms. The van der Waals surface area contributed by atoms with Crippen molar-refractivity contribution in [2.24, 2.45) is 0 Å². The van der Waals surface area contributed by atoms with Crippen LogP contribution in [0, 0.1) is 0 Å². The van der Waals surface area contributed by atoms with Crippen molar-refractivity contribution in [3.05, 3.63) is 0 Å². The van der Waals surface area contributed by atoms with Gasteiger partial charge in [0.25, 0.3) is 0 Å². The number of hydrogen-bond donors (Lipinski definition) is 3. The highest BCUT2D eigenvalue weighted by Gasteiger charge is 2.32. The van der Waals surface area contributed by atoms with E-state index in [9.17, 15) is 9.90 Å². The Labute approximate surface area is 84.9 Å². The third-order valence-electron chi connectivity index (χ3n) is 1.71. The molecular weight excluding hydrogens is 192 g/mol. The molecule has 14 heavy (non-hydrogen) atoms. The lowest BCUT2D eigenvalue weighted by atomic mass is 10.0. The van der Waals surface area contributed by atoms with Crippen LogP contribution in [0.1, 0.15) is 2.74 Å². The van der Waals surface area contributed by atoms with Gasteiger partial charge in [-0.25, -0.2) is 0 Å². The van der Waals surface area contributed by atoms with Crippen LogP contribution < -0.4 is 0 Å². The van der Waals surface area contributed by atoms with Crippen LogP contribution in [-0.2, 0) is 14.3 Å². The molecule has 0 heterocycles. The van der Waals surface area contributed by atoms with Crippen LogP contribution in [0.4, 0.5) is 0 Å². The molecule has 0 aromatic rings. The number of aliphatic hydroxyl groups excluding tert-OH is 3. The first-order valence-electron chi connectivity index (χ1n) is 5.27. The number of hydrogen-bond acceptors (Lipinski definition) is 6. The highest BCUT2D eigenvalue weighted by Crippen LogP contribution is 2.08. The van der Waals surface area contributed by atoms with Crippen LogP contribution in [0.15, 0.2) is 0 Å². The van der Waals surface area contributed by atoms with Crippen LogP contribution >= 0.6 is 0 Å². The minimum absolute atomic E-state index is 0.543. The van der Waals surface area contributed by atoms with Gasteiger partial charge in [-0.05, 0) is 0 Å². The third kappa shape index (κ3) is 3.32. The standard InChI is InChI=1S/C8H16O6/c1-13-7(5(11)3-9)8(14-2)6(12)4-10/h5,7-11H,3-4H2,1-2H3/t5-,7-,8-/m1/s1/i1D,2D. The van der Waals surface area contributed by atoms with Gasteiger partial charge in [0.15, 0.2) is 5.78 Å². The molecule has 0 radical (unpaired) electrons. The van der Waals surface area contributed by atoms with Gasteiger partial charge < -0.3 is 24.8 Å². The Hall–Kier alpha value is -0.530. The number of ether oxygens (including phenoxy) is 2. The predicted molar refractivity (Wildman–Crippen MR) is 46.8 cm³/mol. The van der Waals surface area contributed by atoms with Gasteiger partial charge >= 0.3 is 0 Å². The molecule has 0 aliphatic carbocycles. The largest absolute Gasteiger partial charge is 0.394 e. The maximum Gasteiger partial charge on any atom is 0.189 e. The first kappa shape index (κ1) is 10.0. The molecule has 0 fully saturated rings. The Morgan fingerprint density at radius 1 is 1.43 bits per heavy atom. The van der Waals surface area contributed by atoms with E-state index in [1.165, 1.54) is 0 Å². The molecule has 0 amide bonds. The summed E-state index contributed by atoms with van der Waals surface area (Å²) in [6.07, 6.45) is -4.06. The van der Waals surface area contributed by atoms with E-state index >= 15 is 0 Å². The third-order valence-corrected chi connectivity index (χ3v) is 1.71. The topological polar surface area (TPSA) is 96.2 Å². The van der Waals surface area contributed by atoms with Crippen molar-refractivity contribution in [3.63, 3.8) is 0 Å². The first-order chi connectivity index (χ1) is 7.62. The van der Waals surface area contributed by atoms with Gasteiger partial charge in [-0.3, -0.25) is 4.79 Å². The van der Waals surface area contributed by atoms with Crippen molar-refractivity contribution in [2.75, 3.05) is 27.4 Å². The zero-order chi connectivity index (χ0) is 12.6. The van der Waals surface area contributed by atoms with Crippen molar-refractivity contribution in [2.45, 2.75) is 18.3 Å². The molecule has 6 nitrogen and oxygen atoms in total. The maximum atomic E-state index is 11.2. The van der Waals surface area contributed by atoms with Gasteiger partial charge in [0.2, 0.25) is 0 Å². The number of methoxy groups -OCH3 is 2. The average Bonchev–Trinajstić information content (AvgIpc) is 2.31. The Morgan fingerprint density at radius 3 is 2.50 bits per heavy atom. The summed E-state index contributed by atoms with van der Waals surface area (Å²) in [7, 11) is -1.11. The molecule has 0 unspecified atom stereocenters. The van der Waals surface area contributed by atoms with Gasteiger partial charge in [0.05, 0.1) is 9.35 Å². The van der Waals surface area contributed by atoms with E-state index in [0.29, 0.717) is 0 Å². The zero-order valence-corrected chi connectivity index (χ0v) is 7.63. The molecule has 0 aromatic carbocycles. The van der Waals surface area contributed by atoms with Crippen LogP contribution in [0.25, 0.3) is 0 Å². The molecule has 0 rings (SSSR count). The summed E-state index contributed by atoms with van der Waals surface area (Å²) < 4.78 is 23.1. The number of aliphatic hydroxyl groups is 3. The second kappa shape index (κ2) is 6.86. The highest BCUT2D eigenvalue weighted by atomic mass is 16.5. The summed E-state index contributed by atoms with van der Waals surface area (Å²) in [5.41, 5.74) is 0. The second-order valence-electron chi connectivity index (χ2n) is 2.59. The highest BCUT2D eigenvalue weighted by molar-refractivity contribution is 5.84. The monoisotopic (exact) mass is 210 g/mol. The van der Waals surface area contributed by atoms with E-state index in [1.54, 1.807) is 0 Å². The molecule has 0 saturated carbocycles. The minimum atomic E-state index is -1.42. The molecule has 0 aliphatic rings. The quantitative estimate of drug-likeness (QED) is 0.447. The van der Waals surface area contributed by atoms with Gasteiger partial charge in [-0.15, -0.1) is 0 Å². The Kier molecular flexibility index (Phi) is 4.90. The fourth-order valence-corrected chi connectivity index (χ4v) is 0.965. The Morgan fingerprint density at radius 2 is 2.07 bits per heavy atom. The molecule has 0 spiro atoms. The SMILES string of the molecule is [2H]CO[C@H]([C@H](O)CO)[C@H](OC[2H])C(=O)CO.